The first-order valence-corrected chi connectivity index (χ1v) is 7.77. The van der Waals surface area contributed by atoms with Gasteiger partial charge < -0.3 is 15.4 Å². The van der Waals surface area contributed by atoms with E-state index in [1.165, 1.54) is 6.33 Å². The van der Waals surface area contributed by atoms with Gasteiger partial charge in [0, 0.05) is 18.2 Å². The lowest BCUT2D eigenvalue weighted by Crippen LogP contribution is -2.43. The molecule has 120 valence electrons. The molecule has 23 heavy (non-hydrogen) atoms. The summed E-state index contributed by atoms with van der Waals surface area (Å²) in [5.74, 6) is -1.80. The van der Waals surface area contributed by atoms with Crippen molar-refractivity contribution in [3.63, 3.8) is 0 Å². The molecule has 0 aliphatic rings. The standard InChI is InChI=1S/C15H15N3O4S/c19-13(8-23-15(22)10-4-2-1-3-5-10)18-12(14(20)21)6-11-7-16-9-17-11/h1-5,7,9,12H,6,8H2,(H,16,17)(H,18,19)(H,20,21)/t12-/m0/s1. The van der Waals surface area contributed by atoms with Crippen LogP contribution < -0.4 is 5.32 Å². The highest BCUT2D eigenvalue weighted by Crippen LogP contribution is 2.11. The van der Waals surface area contributed by atoms with Crippen molar-refractivity contribution >= 4 is 28.8 Å². The number of nitrogens with one attached hydrogen (secondary N) is 2. The monoisotopic (exact) mass is 333 g/mol. The van der Waals surface area contributed by atoms with Gasteiger partial charge >= 0.3 is 5.97 Å². The minimum atomic E-state index is -1.15. The largest absolute Gasteiger partial charge is 0.480 e. The van der Waals surface area contributed by atoms with Crippen LogP contribution in [-0.2, 0) is 16.0 Å². The van der Waals surface area contributed by atoms with Gasteiger partial charge in [0.05, 0.1) is 17.8 Å². The summed E-state index contributed by atoms with van der Waals surface area (Å²) < 4.78 is 0. The van der Waals surface area contributed by atoms with E-state index in [2.05, 4.69) is 15.3 Å². The molecule has 0 radical (unpaired) electrons. The lowest BCUT2D eigenvalue weighted by Gasteiger charge is -2.13. The number of aliphatic carboxylic acids is 1. The number of carboxylic acids is 1. The van der Waals surface area contributed by atoms with Gasteiger partial charge in [-0.25, -0.2) is 9.78 Å². The summed E-state index contributed by atoms with van der Waals surface area (Å²) in [5.41, 5.74) is 1.03. The maximum Gasteiger partial charge on any atom is 0.326 e. The number of aromatic amines is 1. The van der Waals surface area contributed by atoms with Crippen LogP contribution in [0.2, 0.25) is 0 Å². The number of benzene rings is 1. The highest BCUT2D eigenvalue weighted by Gasteiger charge is 2.21. The number of imidazole rings is 1. The number of H-pyrrole nitrogens is 1. The summed E-state index contributed by atoms with van der Waals surface area (Å²) >= 11 is 0.834. The predicted molar refractivity (Wildman–Crippen MR) is 85.1 cm³/mol. The minimum absolute atomic E-state index is 0.0713. The zero-order valence-corrected chi connectivity index (χ0v) is 12.9. The Labute approximate surface area is 136 Å². The zero-order chi connectivity index (χ0) is 16.7. The molecule has 1 amide bonds. The Kier molecular flexibility index (Phi) is 5.93. The van der Waals surface area contributed by atoms with Crippen LogP contribution in [0, 0.1) is 0 Å². The van der Waals surface area contributed by atoms with Crippen molar-refractivity contribution in [3.05, 3.63) is 54.1 Å². The fourth-order valence-corrected chi connectivity index (χ4v) is 2.48. The number of amides is 1. The molecular weight excluding hydrogens is 318 g/mol. The van der Waals surface area contributed by atoms with Crippen molar-refractivity contribution in [2.24, 2.45) is 0 Å². The summed E-state index contributed by atoms with van der Waals surface area (Å²) in [7, 11) is 0. The highest BCUT2D eigenvalue weighted by molar-refractivity contribution is 8.14. The quantitative estimate of drug-likeness (QED) is 0.699. The first-order valence-electron chi connectivity index (χ1n) is 6.78. The number of thioether (sulfide) groups is 1. The smallest absolute Gasteiger partial charge is 0.326 e. The number of nitrogens with zero attached hydrogens (tertiary/aromatic N) is 1. The fraction of sp³-hybridized carbons (Fsp3) is 0.200. The van der Waals surface area contributed by atoms with Crippen LogP contribution in [0.1, 0.15) is 16.1 Å². The predicted octanol–water partition coefficient (Wildman–Crippen LogP) is 1.10. The van der Waals surface area contributed by atoms with E-state index < -0.39 is 17.9 Å². The Morgan fingerprint density at radius 2 is 2.00 bits per heavy atom. The van der Waals surface area contributed by atoms with Crippen LogP contribution in [0.4, 0.5) is 0 Å². The Morgan fingerprint density at radius 1 is 1.26 bits per heavy atom. The molecule has 0 unspecified atom stereocenters. The van der Waals surface area contributed by atoms with Crippen molar-refractivity contribution in [2.75, 3.05) is 5.75 Å². The van der Waals surface area contributed by atoms with Gasteiger partial charge in [-0.05, 0) is 0 Å². The summed E-state index contributed by atoms with van der Waals surface area (Å²) in [6.07, 6.45) is 3.07. The normalized spacial score (nSPS) is 11.7. The number of hydrogen-bond acceptors (Lipinski definition) is 5. The van der Waals surface area contributed by atoms with Crippen molar-refractivity contribution in [1.82, 2.24) is 15.3 Å². The van der Waals surface area contributed by atoms with E-state index in [1.54, 1.807) is 36.5 Å². The Morgan fingerprint density at radius 3 is 2.61 bits per heavy atom. The fourth-order valence-electron chi connectivity index (χ4n) is 1.84. The summed E-state index contributed by atoms with van der Waals surface area (Å²) in [6, 6.07) is 7.49. The molecule has 7 nitrogen and oxygen atoms in total. The van der Waals surface area contributed by atoms with Crippen LogP contribution in [0.3, 0.4) is 0 Å². The topological polar surface area (TPSA) is 112 Å². The van der Waals surface area contributed by atoms with Crippen molar-refractivity contribution in [2.45, 2.75) is 12.5 Å². The van der Waals surface area contributed by atoms with E-state index >= 15 is 0 Å². The highest BCUT2D eigenvalue weighted by atomic mass is 32.2. The lowest BCUT2D eigenvalue weighted by molar-refractivity contribution is -0.141. The number of carbonyl (C=O) groups is 3. The summed E-state index contributed by atoms with van der Waals surface area (Å²) in [5, 5.41) is 11.3. The molecule has 0 aliphatic carbocycles. The molecule has 0 aliphatic heterocycles. The molecule has 8 heteroatoms. The zero-order valence-electron chi connectivity index (χ0n) is 12.1. The van der Waals surface area contributed by atoms with Crippen molar-refractivity contribution in [3.8, 4) is 0 Å². The first-order chi connectivity index (χ1) is 11.1. The molecule has 0 saturated carbocycles. The van der Waals surface area contributed by atoms with Gasteiger partial charge in [-0.2, -0.15) is 0 Å². The average molecular weight is 333 g/mol. The Hall–Kier alpha value is -2.61. The molecule has 2 rings (SSSR count). The van der Waals surface area contributed by atoms with E-state index in [1.807, 2.05) is 0 Å². The molecule has 3 N–H and O–H groups in total. The van der Waals surface area contributed by atoms with E-state index in [4.69, 9.17) is 5.11 Å². The third-order valence-corrected chi connectivity index (χ3v) is 3.85. The number of rotatable bonds is 7. The molecular formula is C15H15N3O4S. The van der Waals surface area contributed by atoms with Gasteiger partial charge in [-0.15, -0.1) is 0 Å². The number of carboxylic acid groups (broad SMARTS) is 1. The van der Waals surface area contributed by atoms with Crippen LogP contribution >= 0.6 is 11.8 Å². The molecule has 0 fully saturated rings. The van der Waals surface area contributed by atoms with Crippen LogP contribution in [0.5, 0.6) is 0 Å². The van der Waals surface area contributed by atoms with Gasteiger partial charge in [0.15, 0.2) is 0 Å². The van der Waals surface area contributed by atoms with Crippen LogP contribution in [-0.4, -0.2) is 43.9 Å². The number of aromatic nitrogens is 2. The molecule has 0 spiro atoms. The third kappa shape index (κ3) is 5.26. The summed E-state index contributed by atoms with van der Waals surface area (Å²) in [4.78, 5) is 41.6. The Balaban J connectivity index is 1.84. The molecule has 1 atom stereocenters. The number of hydrogen-bond donors (Lipinski definition) is 3. The van der Waals surface area contributed by atoms with Gasteiger partial charge in [0.1, 0.15) is 6.04 Å². The van der Waals surface area contributed by atoms with E-state index in [0.29, 0.717) is 11.3 Å². The second kappa shape index (κ2) is 8.14. The van der Waals surface area contributed by atoms with Crippen LogP contribution in [0.15, 0.2) is 42.9 Å². The van der Waals surface area contributed by atoms with Gasteiger partial charge in [0.25, 0.3) is 0 Å². The van der Waals surface area contributed by atoms with E-state index in [9.17, 15) is 14.4 Å². The van der Waals surface area contributed by atoms with Crippen molar-refractivity contribution < 1.29 is 19.5 Å². The third-order valence-electron chi connectivity index (χ3n) is 2.95. The number of carbonyl (C=O) groups excluding carboxylic acids is 2. The average Bonchev–Trinajstić information content (AvgIpc) is 3.06. The van der Waals surface area contributed by atoms with Crippen molar-refractivity contribution in [1.29, 1.82) is 0 Å². The second-order valence-electron chi connectivity index (χ2n) is 4.67. The molecule has 1 aromatic carbocycles. The molecule has 1 aromatic heterocycles. The van der Waals surface area contributed by atoms with Gasteiger partial charge in [-0.1, -0.05) is 42.1 Å². The second-order valence-corrected chi connectivity index (χ2v) is 5.61. The van der Waals surface area contributed by atoms with Crippen LogP contribution in [0.25, 0.3) is 0 Å². The maximum atomic E-state index is 11.9. The summed E-state index contributed by atoms with van der Waals surface area (Å²) in [6.45, 7) is 0. The van der Waals surface area contributed by atoms with Gasteiger partial charge in [-0.3, -0.25) is 9.59 Å². The molecule has 2 aromatic rings. The molecule has 1 heterocycles. The molecule has 0 saturated heterocycles. The SMILES string of the molecule is O=C(CSC(=O)c1ccccc1)N[C@@H](Cc1c[nH]cn1)C(=O)O. The maximum absolute atomic E-state index is 11.9. The Bertz CT molecular complexity index is 673. The van der Waals surface area contributed by atoms with E-state index in [-0.39, 0.29) is 17.3 Å². The van der Waals surface area contributed by atoms with Gasteiger partial charge in [0.2, 0.25) is 11.0 Å². The molecule has 0 bridgehead atoms. The lowest BCUT2D eigenvalue weighted by atomic mass is 10.1. The first kappa shape index (κ1) is 16.8. The minimum Gasteiger partial charge on any atom is -0.480 e. The van der Waals surface area contributed by atoms with E-state index in [0.717, 1.165) is 11.8 Å².